The van der Waals surface area contributed by atoms with Gasteiger partial charge in [0.2, 0.25) is 5.91 Å². The van der Waals surface area contributed by atoms with Gasteiger partial charge in [0.15, 0.2) is 0 Å². The molecule has 1 aromatic rings. The van der Waals surface area contributed by atoms with E-state index in [0.717, 1.165) is 34.8 Å². The molecule has 1 saturated carbocycles. The predicted octanol–water partition coefficient (Wildman–Crippen LogP) is 4.28. The molecule has 0 radical (unpaired) electrons. The number of carboxylic acid groups (broad SMARTS) is 1. The molecule has 148 valence electrons. The van der Waals surface area contributed by atoms with Crippen LogP contribution in [-0.4, -0.2) is 28.6 Å². The molecule has 2 N–H and O–H groups in total. The fourth-order valence-corrected chi connectivity index (χ4v) is 6.17. The molecule has 8 heteroatoms. The predicted molar refractivity (Wildman–Crippen MR) is 106 cm³/mol. The van der Waals surface area contributed by atoms with Crippen LogP contribution in [0.25, 0.3) is 0 Å². The zero-order valence-corrected chi connectivity index (χ0v) is 17.4. The number of anilines is 1. The van der Waals surface area contributed by atoms with Crippen molar-refractivity contribution in [2.45, 2.75) is 63.6 Å². The van der Waals surface area contributed by atoms with Crippen molar-refractivity contribution in [3.8, 4) is 0 Å². The first-order valence-electron chi connectivity index (χ1n) is 9.16. The molecule has 2 heterocycles. The molecule has 1 aliphatic heterocycles. The van der Waals surface area contributed by atoms with Gasteiger partial charge in [0.25, 0.3) is 0 Å². The highest BCUT2D eigenvalue weighted by molar-refractivity contribution is 7.98. The van der Waals surface area contributed by atoms with Gasteiger partial charge in [0, 0.05) is 16.4 Å². The molecule has 1 amide bonds. The number of aliphatic carboxylic acids is 1. The van der Waals surface area contributed by atoms with E-state index in [-0.39, 0.29) is 5.91 Å². The molecule has 0 spiro atoms. The lowest BCUT2D eigenvalue weighted by atomic mass is 9.79. The summed E-state index contributed by atoms with van der Waals surface area (Å²) >= 11 is 3.14. The van der Waals surface area contributed by atoms with Crippen LogP contribution in [0.4, 0.5) is 5.00 Å². The zero-order valence-electron chi connectivity index (χ0n) is 15.8. The molecule has 2 unspecified atom stereocenters. The summed E-state index contributed by atoms with van der Waals surface area (Å²) in [6, 6.07) is 0. The van der Waals surface area contributed by atoms with Gasteiger partial charge in [-0.25, -0.2) is 4.79 Å². The summed E-state index contributed by atoms with van der Waals surface area (Å²) in [7, 11) is 0. The molecule has 1 fully saturated rings. The minimum absolute atomic E-state index is 0.306. The summed E-state index contributed by atoms with van der Waals surface area (Å²) < 4.78 is 5.55. The van der Waals surface area contributed by atoms with Gasteiger partial charge in [0.1, 0.15) is 10.6 Å². The van der Waals surface area contributed by atoms with E-state index >= 15 is 0 Å². The molecule has 0 bridgehead atoms. The Morgan fingerprint density at radius 1 is 1.11 bits per heavy atom. The Morgan fingerprint density at radius 2 is 1.78 bits per heavy atom. The van der Waals surface area contributed by atoms with E-state index in [2.05, 4.69) is 5.32 Å². The fourth-order valence-electron chi connectivity index (χ4n) is 3.61. The highest BCUT2D eigenvalue weighted by Gasteiger charge is 2.37. The Balaban J connectivity index is 1.85. The van der Waals surface area contributed by atoms with Gasteiger partial charge in [-0.2, -0.15) is 11.8 Å². The van der Waals surface area contributed by atoms with Gasteiger partial charge in [-0.3, -0.25) is 9.59 Å². The summed E-state index contributed by atoms with van der Waals surface area (Å²) in [5.74, 6) is -1.35. The standard InChI is InChI=1S/C19H25NO5S2/c1-19(2,3)25-18(24)14-12-8-26-9-13(12)27-16(14)20-15(21)10-6-4-5-7-11(10)17(22)23/h10-11H,4-9H2,1-3H3,(H,20,21)(H,22,23). The topological polar surface area (TPSA) is 92.7 Å². The third-order valence-corrected chi connectivity index (χ3v) is 7.15. The Labute approximate surface area is 167 Å². The molecule has 6 nitrogen and oxygen atoms in total. The Bertz CT molecular complexity index is 765. The van der Waals surface area contributed by atoms with Crippen LogP contribution in [0.3, 0.4) is 0 Å². The number of thioether (sulfide) groups is 1. The molecule has 1 aromatic heterocycles. The first kappa shape index (κ1) is 20.2. The monoisotopic (exact) mass is 411 g/mol. The van der Waals surface area contributed by atoms with E-state index in [1.54, 1.807) is 11.8 Å². The SMILES string of the molecule is CC(C)(C)OC(=O)c1c(NC(=O)C2CCCCC2C(=O)O)sc2c1CSC2. The first-order valence-corrected chi connectivity index (χ1v) is 11.1. The maximum atomic E-state index is 12.8. The third kappa shape index (κ3) is 4.48. The molecule has 2 aliphatic rings. The second-order valence-corrected chi connectivity index (χ2v) is 10.1. The molecule has 3 rings (SSSR count). The Kier molecular flexibility index (Phi) is 5.86. The second-order valence-electron chi connectivity index (χ2n) is 8.03. The van der Waals surface area contributed by atoms with Crippen molar-refractivity contribution in [3.05, 3.63) is 16.0 Å². The normalized spacial score (nSPS) is 22.2. The summed E-state index contributed by atoms with van der Waals surface area (Å²) in [6.07, 6.45) is 2.75. The van der Waals surface area contributed by atoms with Crippen LogP contribution in [0.2, 0.25) is 0 Å². The molecule has 0 aromatic carbocycles. The number of ether oxygens (including phenoxy) is 1. The largest absolute Gasteiger partial charge is 0.481 e. The number of amides is 1. The average Bonchev–Trinajstić information content (AvgIpc) is 3.13. The fraction of sp³-hybridized carbons (Fsp3) is 0.632. The number of rotatable bonds is 4. The molecule has 27 heavy (non-hydrogen) atoms. The number of carbonyl (C=O) groups excluding carboxylic acids is 2. The van der Waals surface area contributed by atoms with Crippen LogP contribution < -0.4 is 5.32 Å². The van der Waals surface area contributed by atoms with E-state index in [9.17, 15) is 19.5 Å². The van der Waals surface area contributed by atoms with Crippen LogP contribution >= 0.6 is 23.1 Å². The van der Waals surface area contributed by atoms with Crippen molar-refractivity contribution in [1.29, 1.82) is 0 Å². The number of thiophene rings is 1. The van der Waals surface area contributed by atoms with Gasteiger partial charge in [0.05, 0.1) is 17.4 Å². The summed E-state index contributed by atoms with van der Waals surface area (Å²) in [6.45, 7) is 5.43. The zero-order chi connectivity index (χ0) is 19.8. The highest BCUT2D eigenvalue weighted by Crippen LogP contribution is 2.44. The van der Waals surface area contributed by atoms with Crippen molar-refractivity contribution in [1.82, 2.24) is 0 Å². The van der Waals surface area contributed by atoms with Gasteiger partial charge in [-0.1, -0.05) is 12.8 Å². The Morgan fingerprint density at radius 3 is 2.41 bits per heavy atom. The quantitative estimate of drug-likeness (QED) is 0.719. The molecule has 2 atom stereocenters. The first-order chi connectivity index (χ1) is 12.7. The van der Waals surface area contributed by atoms with Gasteiger partial charge < -0.3 is 15.2 Å². The second kappa shape index (κ2) is 7.83. The van der Waals surface area contributed by atoms with Gasteiger partial charge >= 0.3 is 11.9 Å². The number of carboxylic acids is 1. The number of fused-ring (bicyclic) bond motifs is 1. The van der Waals surface area contributed by atoms with Crippen molar-refractivity contribution >= 4 is 45.9 Å². The van der Waals surface area contributed by atoms with Crippen molar-refractivity contribution in [2.24, 2.45) is 11.8 Å². The summed E-state index contributed by atoms with van der Waals surface area (Å²) in [5, 5.41) is 12.8. The average molecular weight is 412 g/mol. The van der Waals surface area contributed by atoms with Crippen molar-refractivity contribution in [3.63, 3.8) is 0 Å². The summed E-state index contributed by atoms with van der Waals surface area (Å²) in [4.78, 5) is 38.2. The number of nitrogens with one attached hydrogen (secondary N) is 1. The van der Waals surface area contributed by atoms with E-state index < -0.39 is 29.4 Å². The number of carbonyl (C=O) groups is 3. The van der Waals surface area contributed by atoms with Crippen LogP contribution in [0.15, 0.2) is 0 Å². The molecular formula is C19H25NO5S2. The maximum absolute atomic E-state index is 12.8. The van der Waals surface area contributed by atoms with Crippen molar-refractivity contribution in [2.75, 3.05) is 5.32 Å². The lowest BCUT2D eigenvalue weighted by Gasteiger charge is -2.27. The van der Waals surface area contributed by atoms with Crippen LogP contribution in [-0.2, 0) is 25.8 Å². The Hall–Kier alpha value is -1.54. The minimum atomic E-state index is -0.924. The number of esters is 1. The van der Waals surface area contributed by atoms with Crippen LogP contribution in [0, 0.1) is 11.8 Å². The minimum Gasteiger partial charge on any atom is -0.481 e. The van der Waals surface area contributed by atoms with E-state index in [4.69, 9.17) is 4.74 Å². The molecule has 1 aliphatic carbocycles. The lowest BCUT2D eigenvalue weighted by Crippen LogP contribution is -2.36. The molecular weight excluding hydrogens is 386 g/mol. The van der Waals surface area contributed by atoms with E-state index in [1.807, 2.05) is 20.8 Å². The van der Waals surface area contributed by atoms with Crippen LogP contribution in [0.5, 0.6) is 0 Å². The van der Waals surface area contributed by atoms with E-state index in [0.29, 0.717) is 23.4 Å². The van der Waals surface area contributed by atoms with Crippen LogP contribution in [0.1, 0.15) is 67.3 Å². The van der Waals surface area contributed by atoms with Gasteiger partial charge in [-0.05, 0) is 39.2 Å². The van der Waals surface area contributed by atoms with E-state index in [1.165, 1.54) is 11.3 Å². The lowest BCUT2D eigenvalue weighted by molar-refractivity contribution is -0.147. The maximum Gasteiger partial charge on any atom is 0.342 e. The van der Waals surface area contributed by atoms with Crippen molar-refractivity contribution < 1.29 is 24.2 Å². The third-order valence-electron chi connectivity index (χ3n) is 4.83. The summed E-state index contributed by atoms with van der Waals surface area (Å²) in [5.41, 5.74) is 0.746. The molecule has 0 saturated heterocycles. The van der Waals surface area contributed by atoms with Gasteiger partial charge in [-0.15, -0.1) is 11.3 Å². The number of hydrogen-bond acceptors (Lipinski definition) is 6. The highest BCUT2D eigenvalue weighted by atomic mass is 32.2. The number of hydrogen-bond donors (Lipinski definition) is 2. The smallest absolute Gasteiger partial charge is 0.342 e.